The van der Waals surface area contributed by atoms with E-state index in [1.165, 1.54) is 6.07 Å². The van der Waals surface area contributed by atoms with Crippen LogP contribution >= 0.6 is 23.4 Å². The van der Waals surface area contributed by atoms with Gasteiger partial charge in [0.2, 0.25) is 0 Å². The number of nitrogen functional groups attached to an aromatic ring is 1. The maximum atomic E-state index is 13.1. The lowest BCUT2D eigenvalue weighted by molar-refractivity contribution is -0.137. The van der Waals surface area contributed by atoms with Gasteiger partial charge in [0.25, 0.3) is 11.1 Å². The van der Waals surface area contributed by atoms with Crippen LogP contribution in [-0.4, -0.2) is 11.1 Å². The van der Waals surface area contributed by atoms with Gasteiger partial charge in [0, 0.05) is 5.69 Å². The van der Waals surface area contributed by atoms with Crippen LogP contribution < -0.4 is 10.6 Å². The summed E-state index contributed by atoms with van der Waals surface area (Å²) in [6.07, 6.45) is -4.70. The number of nitrogens with zero attached hydrogens (tertiary/aromatic N) is 1. The van der Waals surface area contributed by atoms with Crippen molar-refractivity contribution >= 4 is 51.5 Å². The second kappa shape index (κ2) is 6.94. The molecule has 1 aliphatic heterocycles. The van der Waals surface area contributed by atoms with E-state index in [4.69, 9.17) is 17.3 Å². The van der Waals surface area contributed by atoms with Gasteiger partial charge in [-0.05, 0) is 60.2 Å². The van der Waals surface area contributed by atoms with Crippen molar-refractivity contribution in [1.82, 2.24) is 0 Å². The Bertz CT molecular complexity index is 972. The first kappa shape index (κ1) is 19.3. The van der Waals surface area contributed by atoms with Crippen LogP contribution in [0.25, 0.3) is 5.57 Å². The molecule has 2 N–H and O–H groups in total. The molecular weight excluding hydrogens is 401 g/mol. The van der Waals surface area contributed by atoms with Crippen LogP contribution in [0.3, 0.4) is 0 Å². The molecule has 1 heterocycles. The van der Waals surface area contributed by atoms with Crippen molar-refractivity contribution < 1.29 is 22.8 Å². The third-order valence-electron chi connectivity index (χ3n) is 3.97. The molecule has 140 valence electrons. The summed E-state index contributed by atoms with van der Waals surface area (Å²) < 4.78 is 39.2. The van der Waals surface area contributed by atoms with E-state index in [1.807, 2.05) is 0 Å². The average molecular weight is 413 g/mol. The molecule has 2 amide bonds. The summed E-state index contributed by atoms with van der Waals surface area (Å²) in [6, 6.07) is 9.61. The number of carbonyl (C=O) groups excluding carboxylic acids is 2. The summed E-state index contributed by atoms with van der Waals surface area (Å²) in [5, 5.41) is -1.19. The molecule has 2 aromatic rings. The fraction of sp³-hybridized carbons (Fsp3) is 0.111. The number of alkyl halides is 3. The smallest absolute Gasteiger partial charge is 0.399 e. The molecule has 1 aliphatic rings. The van der Waals surface area contributed by atoms with E-state index in [1.54, 1.807) is 31.2 Å². The van der Waals surface area contributed by atoms with Gasteiger partial charge in [-0.25, -0.2) is 4.90 Å². The highest BCUT2D eigenvalue weighted by Gasteiger charge is 2.40. The fourth-order valence-electron chi connectivity index (χ4n) is 2.55. The second-order valence-electron chi connectivity index (χ2n) is 5.75. The van der Waals surface area contributed by atoms with Crippen LogP contribution in [0.1, 0.15) is 18.1 Å². The van der Waals surface area contributed by atoms with E-state index >= 15 is 0 Å². The predicted octanol–water partition coefficient (Wildman–Crippen LogP) is 5.57. The molecular formula is C18H12ClF3N2O2S. The molecule has 0 unspecified atom stereocenters. The van der Waals surface area contributed by atoms with Crippen molar-refractivity contribution in [3.05, 3.63) is 63.5 Å². The molecule has 3 rings (SSSR count). The first-order valence-electron chi connectivity index (χ1n) is 7.59. The number of thioether (sulfide) groups is 1. The SMILES string of the molecule is C/C(=C1/SC(=O)N(c2ccc(Cl)c(C(F)(F)F)c2)C1=O)c1ccc(N)cc1. The minimum Gasteiger partial charge on any atom is -0.399 e. The molecule has 2 aromatic carbocycles. The quantitative estimate of drug-likeness (QED) is 0.517. The molecule has 0 saturated carbocycles. The van der Waals surface area contributed by atoms with E-state index in [9.17, 15) is 22.8 Å². The predicted molar refractivity (Wildman–Crippen MR) is 100 cm³/mol. The fourth-order valence-corrected chi connectivity index (χ4v) is 3.68. The highest BCUT2D eigenvalue weighted by atomic mass is 35.5. The molecule has 1 fully saturated rings. The maximum Gasteiger partial charge on any atom is 0.417 e. The summed E-state index contributed by atoms with van der Waals surface area (Å²) in [4.78, 5) is 25.9. The van der Waals surface area contributed by atoms with Crippen molar-refractivity contribution in [3.8, 4) is 0 Å². The number of rotatable bonds is 2. The van der Waals surface area contributed by atoms with Crippen LogP contribution in [0.4, 0.5) is 29.3 Å². The monoisotopic (exact) mass is 412 g/mol. The lowest BCUT2D eigenvalue weighted by Crippen LogP contribution is -2.28. The van der Waals surface area contributed by atoms with Crippen molar-refractivity contribution in [3.63, 3.8) is 0 Å². The van der Waals surface area contributed by atoms with Gasteiger partial charge in [-0.1, -0.05) is 23.7 Å². The highest BCUT2D eigenvalue weighted by molar-refractivity contribution is 8.19. The van der Waals surface area contributed by atoms with Crippen LogP contribution in [0, 0.1) is 0 Å². The van der Waals surface area contributed by atoms with Gasteiger partial charge in [-0.15, -0.1) is 0 Å². The molecule has 0 spiro atoms. The Balaban J connectivity index is 2.02. The number of hydrogen-bond donors (Lipinski definition) is 1. The van der Waals surface area contributed by atoms with E-state index in [0.717, 1.165) is 6.07 Å². The largest absolute Gasteiger partial charge is 0.417 e. The minimum atomic E-state index is -4.70. The zero-order valence-electron chi connectivity index (χ0n) is 13.8. The number of nitrogens with two attached hydrogens (primary N) is 1. The lowest BCUT2D eigenvalue weighted by Gasteiger charge is -2.16. The van der Waals surface area contributed by atoms with Crippen LogP contribution in [0.2, 0.25) is 5.02 Å². The number of amides is 2. The van der Waals surface area contributed by atoms with Crippen LogP contribution in [-0.2, 0) is 11.0 Å². The number of allylic oxidation sites excluding steroid dienone is 1. The third-order valence-corrected chi connectivity index (χ3v) is 5.34. The Kier molecular flexibility index (Phi) is 4.96. The van der Waals surface area contributed by atoms with E-state index in [0.29, 0.717) is 39.6 Å². The first-order valence-corrected chi connectivity index (χ1v) is 8.79. The number of anilines is 2. The van der Waals surface area contributed by atoms with Gasteiger partial charge in [-0.3, -0.25) is 9.59 Å². The van der Waals surface area contributed by atoms with Gasteiger partial charge in [0.15, 0.2) is 0 Å². The number of halogens is 4. The molecule has 27 heavy (non-hydrogen) atoms. The molecule has 0 bridgehead atoms. The Morgan fingerprint density at radius 2 is 1.74 bits per heavy atom. The molecule has 1 saturated heterocycles. The zero-order valence-corrected chi connectivity index (χ0v) is 15.4. The summed E-state index contributed by atoms with van der Waals surface area (Å²) in [5.41, 5.74) is 6.10. The Hall–Kier alpha value is -2.45. The summed E-state index contributed by atoms with van der Waals surface area (Å²) in [6.45, 7) is 1.66. The maximum absolute atomic E-state index is 13.1. The average Bonchev–Trinajstić information content (AvgIpc) is 2.89. The molecule has 0 atom stereocenters. The minimum absolute atomic E-state index is 0.147. The van der Waals surface area contributed by atoms with Gasteiger partial charge < -0.3 is 5.73 Å². The van der Waals surface area contributed by atoms with E-state index in [-0.39, 0.29) is 10.6 Å². The Morgan fingerprint density at radius 3 is 2.33 bits per heavy atom. The molecule has 9 heteroatoms. The van der Waals surface area contributed by atoms with Gasteiger partial charge in [0.05, 0.1) is 21.2 Å². The van der Waals surface area contributed by atoms with Crippen molar-refractivity contribution in [2.45, 2.75) is 13.1 Å². The van der Waals surface area contributed by atoms with E-state index < -0.39 is 27.9 Å². The van der Waals surface area contributed by atoms with Crippen LogP contribution in [0.5, 0.6) is 0 Å². The number of imide groups is 1. The zero-order chi connectivity index (χ0) is 19.9. The number of benzene rings is 2. The lowest BCUT2D eigenvalue weighted by atomic mass is 10.1. The molecule has 0 aliphatic carbocycles. The molecule has 0 radical (unpaired) electrons. The Morgan fingerprint density at radius 1 is 1.11 bits per heavy atom. The van der Waals surface area contributed by atoms with Gasteiger partial charge >= 0.3 is 6.18 Å². The third kappa shape index (κ3) is 3.68. The van der Waals surface area contributed by atoms with Crippen molar-refractivity contribution in [2.24, 2.45) is 0 Å². The summed E-state index contributed by atoms with van der Waals surface area (Å²) in [7, 11) is 0. The van der Waals surface area contributed by atoms with Crippen LogP contribution in [0.15, 0.2) is 47.4 Å². The second-order valence-corrected chi connectivity index (χ2v) is 7.12. The highest BCUT2D eigenvalue weighted by Crippen LogP contribution is 2.42. The standard InChI is InChI=1S/C18H12ClF3N2O2S/c1-9(10-2-4-11(23)5-3-10)15-16(25)24(17(26)27-15)12-6-7-14(19)13(8-12)18(20,21)22/h2-8H,23H2,1H3/b15-9-. The van der Waals surface area contributed by atoms with Gasteiger partial charge in [0.1, 0.15) is 0 Å². The van der Waals surface area contributed by atoms with E-state index in [2.05, 4.69) is 0 Å². The first-order chi connectivity index (χ1) is 12.6. The summed E-state index contributed by atoms with van der Waals surface area (Å²) in [5.74, 6) is -0.685. The molecule has 0 aromatic heterocycles. The normalized spacial score (nSPS) is 16.9. The molecule has 4 nitrogen and oxygen atoms in total. The van der Waals surface area contributed by atoms with Crippen molar-refractivity contribution in [2.75, 3.05) is 10.6 Å². The number of carbonyl (C=O) groups is 2. The Labute approximate surface area is 161 Å². The van der Waals surface area contributed by atoms with Gasteiger partial charge in [-0.2, -0.15) is 13.2 Å². The number of hydrogen-bond acceptors (Lipinski definition) is 4. The summed E-state index contributed by atoms with van der Waals surface area (Å²) >= 11 is 6.27. The topological polar surface area (TPSA) is 63.4 Å². The van der Waals surface area contributed by atoms with Crippen molar-refractivity contribution in [1.29, 1.82) is 0 Å².